The van der Waals surface area contributed by atoms with Crippen molar-refractivity contribution in [3.05, 3.63) is 30.3 Å². The summed E-state index contributed by atoms with van der Waals surface area (Å²) in [5, 5.41) is 11.4. The van der Waals surface area contributed by atoms with Gasteiger partial charge >= 0.3 is 7.95 Å². The Morgan fingerprint density at radius 3 is 2.00 bits per heavy atom. The molecule has 1 unspecified atom stereocenters. The summed E-state index contributed by atoms with van der Waals surface area (Å²) in [7, 11) is -0.173. The van der Waals surface area contributed by atoms with Gasteiger partial charge in [0.1, 0.15) is 0 Å². The van der Waals surface area contributed by atoms with Crippen LogP contribution in [0.2, 0.25) is 0 Å². The first-order valence-corrected chi connectivity index (χ1v) is 8.43. The van der Waals surface area contributed by atoms with Gasteiger partial charge in [0.15, 0.2) is 5.79 Å². The number of hydrogen-bond acceptors (Lipinski definition) is 3. The Hall–Kier alpha value is -0.800. The summed E-state index contributed by atoms with van der Waals surface area (Å²) in [5.41, 5.74) is -0.869. The highest BCUT2D eigenvalue weighted by Gasteiger charge is 2.60. The maximum atomic E-state index is 13.1. The summed E-state index contributed by atoms with van der Waals surface area (Å²) in [6, 6.07) is 9.50. The second kappa shape index (κ2) is 5.44. The van der Waals surface area contributed by atoms with Crippen LogP contribution >= 0.6 is 7.95 Å². The Morgan fingerprint density at radius 2 is 1.57 bits per heavy atom. The molecule has 1 N–H and O–H groups in total. The number of hydrogen-bond donors (Lipinski definition) is 1. The molecule has 0 aliphatic carbocycles. The predicted molar refractivity (Wildman–Crippen MR) is 84.9 cm³/mol. The number of rotatable bonds is 3. The fourth-order valence-electron chi connectivity index (χ4n) is 3.69. The monoisotopic (exact) mass is 310 g/mol. The molecule has 1 saturated heterocycles. The lowest BCUT2D eigenvalue weighted by Crippen LogP contribution is -2.63. The van der Waals surface area contributed by atoms with Crippen LogP contribution in [-0.2, 0) is 9.30 Å². The molecule has 1 fully saturated rings. The van der Waals surface area contributed by atoms with Crippen molar-refractivity contribution in [3.63, 3.8) is 0 Å². The largest absolute Gasteiger partial charge is 0.475 e. The third-order valence-electron chi connectivity index (χ3n) is 4.10. The highest BCUT2D eigenvalue weighted by Crippen LogP contribution is 2.51. The summed E-state index contributed by atoms with van der Waals surface area (Å²) < 4.78 is 20.4. The van der Waals surface area contributed by atoms with Gasteiger partial charge in [-0.3, -0.25) is 0 Å². The first-order chi connectivity index (χ1) is 9.61. The van der Waals surface area contributed by atoms with Crippen molar-refractivity contribution in [2.75, 3.05) is 7.11 Å². The van der Waals surface area contributed by atoms with Gasteiger partial charge in [-0.05, 0) is 44.4 Å². The van der Waals surface area contributed by atoms with E-state index in [-0.39, 0.29) is 0 Å². The van der Waals surface area contributed by atoms with Gasteiger partial charge in [0, 0.05) is 20.0 Å². The van der Waals surface area contributed by atoms with E-state index >= 15 is 0 Å². The molecule has 0 amide bonds. The molecule has 2 rings (SSSR count). The number of benzene rings is 1. The van der Waals surface area contributed by atoms with Crippen molar-refractivity contribution < 1.29 is 14.4 Å². The fraction of sp³-hybridized carbons (Fsp3) is 0.625. The summed E-state index contributed by atoms with van der Waals surface area (Å²) >= 11 is 0. The lowest BCUT2D eigenvalue weighted by atomic mass is 9.78. The Labute approximate surface area is 128 Å². The summed E-state index contributed by atoms with van der Waals surface area (Å²) in [6.07, 6.45) is 0.849. The van der Waals surface area contributed by atoms with Gasteiger partial charge in [0.25, 0.3) is 0 Å². The molecule has 0 aromatic heterocycles. The Balaban J connectivity index is 2.41. The average molecular weight is 310 g/mol. The molecule has 0 saturated carbocycles. The lowest BCUT2D eigenvalue weighted by Gasteiger charge is -2.51. The topological polar surface area (TPSA) is 49.8 Å². The zero-order valence-electron chi connectivity index (χ0n) is 13.5. The Morgan fingerprint density at radius 1 is 1.10 bits per heavy atom. The van der Waals surface area contributed by atoms with Gasteiger partial charge in [-0.25, -0.2) is 0 Å². The van der Waals surface area contributed by atoms with Crippen LogP contribution in [0.1, 0.15) is 40.5 Å². The molecule has 1 aromatic carbocycles. The Kier molecular flexibility index (Phi) is 4.29. The fourth-order valence-corrected chi connectivity index (χ4v) is 5.47. The summed E-state index contributed by atoms with van der Waals surface area (Å²) in [4.78, 5) is 0. The van der Waals surface area contributed by atoms with E-state index in [1.165, 1.54) is 7.11 Å². The molecule has 1 atom stereocenters. The maximum Gasteiger partial charge on any atom is 0.475 e. The third-order valence-corrected chi connectivity index (χ3v) is 6.29. The van der Waals surface area contributed by atoms with E-state index in [1.54, 1.807) is 0 Å². The molecule has 1 aliphatic rings. The average Bonchev–Trinajstić information content (AvgIpc) is 2.36. The molecule has 0 spiro atoms. The van der Waals surface area contributed by atoms with Crippen LogP contribution < -0.4 is 5.30 Å². The van der Waals surface area contributed by atoms with E-state index in [9.17, 15) is 9.67 Å². The zero-order valence-corrected chi connectivity index (χ0v) is 14.4. The van der Waals surface area contributed by atoms with Gasteiger partial charge in [-0.1, -0.05) is 22.9 Å². The van der Waals surface area contributed by atoms with Crippen molar-refractivity contribution >= 4 is 13.3 Å². The molecule has 1 heterocycles. The molecule has 116 valence electrons. The minimum atomic E-state index is -1.70. The summed E-state index contributed by atoms with van der Waals surface area (Å²) in [5.74, 6) is -1.17. The van der Waals surface area contributed by atoms with Gasteiger partial charge in [0.2, 0.25) is 5.30 Å². The van der Waals surface area contributed by atoms with Gasteiger partial charge in [-0.15, -0.1) is 0 Å². The molecule has 21 heavy (non-hydrogen) atoms. The van der Waals surface area contributed by atoms with Crippen molar-refractivity contribution in [2.45, 2.75) is 57.4 Å². The first-order valence-electron chi connectivity index (χ1n) is 7.21. The van der Waals surface area contributed by atoms with Gasteiger partial charge in [0.05, 0.1) is 11.1 Å². The molecule has 0 bridgehead atoms. The second-order valence-electron chi connectivity index (χ2n) is 7.05. The van der Waals surface area contributed by atoms with E-state index < -0.39 is 24.8 Å². The van der Waals surface area contributed by atoms with E-state index in [0.29, 0.717) is 12.8 Å². The van der Waals surface area contributed by atoms with Crippen LogP contribution in [0, 0.1) is 0 Å². The molecule has 4 nitrogen and oxygen atoms in total. The van der Waals surface area contributed by atoms with Crippen LogP contribution in [0.25, 0.3) is 0 Å². The Bertz CT molecular complexity index is 510. The van der Waals surface area contributed by atoms with Crippen LogP contribution in [0.3, 0.4) is 0 Å². The maximum absolute atomic E-state index is 13.1. The van der Waals surface area contributed by atoms with Crippen LogP contribution in [0.4, 0.5) is 0 Å². The van der Waals surface area contributed by atoms with E-state index in [2.05, 4.69) is 0 Å². The van der Waals surface area contributed by atoms with Crippen molar-refractivity contribution in [1.82, 2.24) is 4.67 Å². The second-order valence-corrected chi connectivity index (χ2v) is 8.51. The van der Waals surface area contributed by atoms with Crippen molar-refractivity contribution in [3.8, 4) is 0 Å². The standard InChI is InChI=1S/C16H25NO3P/c1-14(2)11-16(18,20-5)12-15(3,4)17(14)21(19)13-9-7-6-8-10-13/h6-10,18H,11-12H2,1-5H3/q+1. The van der Waals surface area contributed by atoms with Crippen LogP contribution in [0.5, 0.6) is 0 Å². The molecule has 1 aliphatic heterocycles. The minimum absolute atomic E-state index is 0.424. The van der Waals surface area contributed by atoms with Gasteiger partial charge < -0.3 is 9.84 Å². The third kappa shape index (κ3) is 3.19. The molecule has 1 aromatic rings. The number of methoxy groups -OCH3 is 1. The van der Waals surface area contributed by atoms with E-state index in [1.807, 2.05) is 62.7 Å². The molecular weight excluding hydrogens is 285 g/mol. The zero-order chi connectivity index (χ0) is 15.9. The van der Waals surface area contributed by atoms with E-state index in [4.69, 9.17) is 4.74 Å². The van der Waals surface area contributed by atoms with Crippen molar-refractivity contribution in [1.29, 1.82) is 0 Å². The number of piperidine rings is 1. The number of aliphatic hydroxyl groups is 1. The number of ether oxygens (including phenoxy) is 1. The highest BCUT2D eigenvalue weighted by molar-refractivity contribution is 7.51. The normalized spacial score (nSPS) is 24.6. The van der Waals surface area contributed by atoms with Crippen molar-refractivity contribution in [2.24, 2.45) is 0 Å². The van der Waals surface area contributed by atoms with E-state index in [0.717, 1.165) is 5.30 Å². The summed E-state index contributed by atoms with van der Waals surface area (Å²) in [6.45, 7) is 8.03. The lowest BCUT2D eigenvalue weighted by molar-refractivity contribution is -0.244. The smallest absolute Gasteiger partial charge is 0.365 e. The van der Waals surface area contributed by atoms with Crippen LogP contribution in [-0.4, -0.2) is 33.8 Å². The highest BCUT2D eigenvalue weighted by atomic mass is 31.1. The first kappa shape index (κ1) is 16.6. The molecule has 5 heteroatoms. The molecule has 0 radical (unpaired) electrons. The van der Waals surface area contributed by atoms with Crippen LogP contribution in [0.15, 0.2) is 30.3 Å². The van der Waals surface area contributed by atoms with Gasteiger partial charge in [-0.2, -0.15) is 0 Å². The quantitative estimate of drug-likeness (QED) is 0.688. The number of nitrogens with zero attached hydrogens (tertiary/aromatic N) is 1. The SMILES string of the molecule is COC1(O)CC(C)(C)N([P+](=O)c2ccccc2)C(C)(C)C1. The molecular formula is C16H25NO3P+. The minimum Gasteiger partial charge on any atom is -0.365 e. The predicted octanol–water partition coefficient (Wildman–Crippen LogP) is 3.04.